The predicted molar refractivity (Wildman–Crippen MR) is 62.9 cm³/mol. The van der Waals surface area contributed by atoms with Crippen molar-refractivity contribution < 1.29 is 18.7 Å². The van der Waals surface area contributed by atoms with Gasteiger partial charge in [-0.05, 0) is 24.1 Å². The second-order valence-corrected chi connectivity index (χ2v) is 4.72. The van der Waals surface area contributed by atoms with Crippen molar-refractivity contribution in [3.8, 4) is 0 Å². The lowest BCUT2D eigenvalue weighted by atomic mass is 9.98. The van der Waals surface area contributed by atoms with Crippen LogP contribution in [0.2, 0.25) is 5.02 Å². The molecule has 1 aromatic carbocycles. The first kappa shape index (κ1) is 13.2. The second-order valence-electron chi connectivity index (χ2n) is 4.31. The normalized spacial score (nSPS) is 23.6. The highest BCUT2D eigenvalue weighted by Gasteiger charge is 2.31. The Hall–Kier alpha value is -1.20. The molecule has 0 radical (unpaired) electrons. The number of carbonyl (C=O) groups is 1. The number of nitrogens with one attached hydrogen (secondary N) is 1. The Labute approximate surface area is 108 Å². The van der Waals surface area contributed by atoms with Gasteiger partial charge in [0.2, 0.25) is 0 Å². The fourth-order valence-electron chi connectivity index (χ4n) is 2.13. The molecular formula is C12H12ClF2NO2. The molecule has 2 rings (SSSR count). The molecule has 2 atom stereocenters. The third-order valence-corrected chi connectivity index (χ3v) is 3.47. The first-order valence-electron chi connectivity index (χ1n) is 5.52. The van der Waals surface area contributed by atoms with Crippen molar-refractivity contribution in [3.63, 3.8) is 0 Å². The number of aliphatic carboxylic acids is 1. The van der Waals surface area contributed by atoms with Crippen molar-refractivity contribution in [2.75, 3.05) is 6.54 Å². The number of hydrogen-bond donors (Lipinski definition) is 2. The smallest absolute Gasteiger partial charge is 0.307 e. The zero-order valence-corrected chi connectivity index (χ0v) is 10.1. The van der Waals surface area contributed by atoms with Crippen LogP contribution in [0, 0.1) is 5.92 Å². The lowest BCUT2D eigenvalue weighted by Crippen LogP contribution is -2.17. The van der Waals surface area contributed by atoms with Crippen LogP contribution in [0.15, 0.2) is 18.2 Å². The van der Waals surface area contributed by atoms with E-state index in [0.29, 0.717) is 23.6 Å². The van der Waals surface area contributed by atoms with E-state index in [1.54, 1.807) is 0 Å². The standard InChI is InChI=1S/C12H12ClF2NO2/c13-9-2-1-6(11(14)15)3-8(9)10-4-7(5-16-10)12(17)18/h1-3,7,10-11,16H,4-5H2,(H,17,18). The minimum absolute atomic E-state index is 0.102. The quantitative estimate of drug-likeness (QED) is 0.891. The SMILES string of the molecule is O=C(O)C1CNC(c2cc(C(F)F)ccc2Cl)C1. The Kier molecular flexibility index (Phi) is 3.82. The molecule has 2 unspecified atom stereocenters. The fraction of sp³-hybridized carbons (Fsp3) is 0.417. The number of benzene rings is 1. The predicted octanol–water partition coefficient (Wildman–Crippen LogP) is 3.01. The summed E-state index contributed by atoms with van der Waals surface area (Å²) in [5.41, 5.74) is 0.438. The van der Waals surface area contributed by atoms with Crippen LogP contribution in [0.25, 0.3) is 0 Å². The maximum Gasteiger partial charge on any atom is 0.307 e. The highest BCUT2D eigenvalue weighted by Crippen LogP contribution is 2.34. The van der Waals surface area contributed by atoms with Gasteiger partial charge < -0.3 is 10.4 Å². The fourth-order valence-corrected chi connectivity index (χ4v) is 2.38. The number of halogens is 3. The highest BCUT2D eigenvalue weighted by molar-refractivity contribution is 6.31. The summed E-state index contributed by atoms with van der Waals surface area (Å²) in [6, 6.07) is 3.76. The summed E-state index contributed by atoms with van der Waals surface area (Å²) in [7, 11) is 0. The molecule has 0 saturated carbocycles. The molecule has 6 heteroatoms. The molecule has 0 amide bonds. The van der Waals surface area contributed by atoms with Crippen molar-refractivity contribution in [3.05, 3.63) is 34.3 Å². The van der Waals surface area contributed by atoms with Crippen LogP contribution in [0.4, 0.5) is 8.78 Å². The van der Waals surface area contributed by atoms with E-state index in [-0.39, 0.29) is 11.6 Å². The van der Waals surface area contributed by atoms with E-state index in [0.717, 1.165) is 0 Å². The topological polar surface area (TPSA) is 49.3 Å². The van der Waals surface area contributed by atoms with E-state index in [1.165, 1.54) is 18.2 Å². The second kappa shape index (κ2) is 5.20. The van der Waals surface area contributed by atoms with Crippen LogP contribution in [-0.2, 0) is 4.79 Å². The van der Waals surface area contributed by atoms with Crippen LogP contribution in [0.5, 0.6) is 0 Å². The molecule has 1 aliphatic rings. The first-order chi connectivity index (χ1) is 8.49. The molecule has 0 bridgehead atoms. The van der Waals surface area contributed by atoms with Gasteiger partial charge in [0.25, 0.3) is 6.43 Å². The van der Waals surface area contributed by atoms with Crippen molar-refractivity contribution in [2.45, 2.75) is 18.9 Å². The van der Waals surface area contributed by atoms with Crippen LogP contribution >= 0.6 is 11.6 Å². The Morgan fingerprint density at radius 1 is 1.50 bits per heavy atom. The Morgan fingerprint density at radius 3 is 2.78 bits per heavy atom. The zero-order chi connectivity index (χ0) is 13.3. The largest absolute Gasteiger partial charge is 0.481 e. The number of carboxylic acids is 1. The Balaban J connectivity index is 2.23. The number of rotatable bonds is 3. The van der Waals surface area contributed by atoms with Gasteiger partial charge >= 0.3 is 5.97 Å². The summed E-state index contributed by atoms with van der Waals surface area (Å²) in [5.74, 6) is -1.38. The van der Waals surface area contributed by atoms with Crippen molar-refractivity contribution in [1.29, 1.82) is 0 Å². The summed E-state index contributed by atoms with van der Waals surface area (Å²) >= 11 is 5.98. The van der Waals surface area contributed by atoms with E-state index >= 15 is 0 Å². The summed E-state index contributed by atoms with van der Waals surface area (Å²) in [6.07, 6.45) is -2.19. The van der Waals surface area contributed by atoms with Gasteiger partial charge in [0.05, 0.1) is 5.92 Å². The van der Waals surface area contributed by atoms with Gasteiger partial charge in [-0.3, -0.25) is 4.79 Å². The molecule has 0 aromatic heterocycles. The van der Waals surface area contributed by atoms with Gasteiger partial charge in [-0.25, -0.2) is 8.78 Å². The third kappa shape index (κ3) is 2.62. The van der Waals surface area contributed by atoms with Crippen LogP contribution in [0.1, 0.15) is 30.0 Å². The minimum atomic E-state index is -2.56. The van der Waals surface area contributed by atoms with Gasteiger partial charge in [0, 0.05) is 23.2 Å². The molecule has 1 heterocycles. The van der Waals surface area contributed by atoms with Crippen molar-refractivity contribution in [1.82, 2.24) is 5.32 Å². The number of carboxylic acid groups (broad SMARTS) is 1. The summed E-state index contributed by atoms with van der Waals surface area (Å²) in [5, 5.41) is 12.3. The average Bonchev–Trinajstić information content (AvgIpc) is 2.78. The molecule has 1 aliphatic heterocycles. The molecule has 1 aromatic rings. The molecule has 1 fully saturated rings. The van der Waals surface area contributed by atoms with E-state index in [4.69, 9.17) is 16.7 Å². The molecule has 2 N–H and O–H groups in total. The highest BCUT2D eigenvalue weighted by atomic mass is 35.5. The summed E-state index contributed by atoms with van der Waals surface area (Å²) in [6.45, 7) is 0.329. The van der Waals surface area contributed by atoms with Crippen LogP contribution in [-0.4, -0.2) is 17.6 Å². The molecule has 3 nitrogen and oxygen atoms in total. The molecule has 98 valence electrons. The van der Waals surface area contributed by atoms with Gasteiger partial charge in [0.15, 0.2) is 0 Å². The maximum absolute atomic E-state index is 12.6. The van der Waals surface area contributed by atoms with Gasteiger partial charge in [0.1, 0.15) is 0 Å². The zero-order valence-electron chi connectivity index (χ0n) is 9.37. The van der Waals surface area contributed by atoms with Gasteiger partial charge in [-0.1, -0.05) is 17.7 Å². The Morgan fingerprint density at radius 2 is 2.22 bits per heavy atom. The molecule has 0 aliphatic carbocycles. The van der Waals surface area contributed by atoms with Gasteiger partial charge in [-0.15, -0.1) is 0 Å². The lowest BCUT2D eigenvalue weighted by molar-refractivity contribution is -0.141. The maximum atomic E-state index is 12.6. The monoisotopic (exact) mass is 275 g/mol. The van der Waals surface area contributed by atoms with E-state index < -0.39 is 18.3 Å². The van der Waals surface area contributed by atoms with Crippen molar-refractivity contribution in [2.24, 2.45) is 5.92 Å². The van der Waals surface area contributed by atoms with Crippen LogP contribution in [0.3, 0.4) is 0 Å². The van der Waals surface area contributed by atoms with Crippen LogP contribution < -0.4 is 5.32 Å². The summed E-state index contributed by atoms with van der Waals surface area (Å²) < 4.78 is 25.2. The van der Waals surface area contributed by atoms with Gasteiger partial charge in [-0.2, -0.15) is 0 Å². The minimum Gasteiger partial charge on any atom is -0.481 e. The molecular weight excluding hydrogens is 264 g/mol. The van der Waals surface area contributed by atoms with E-state index in [1.807, 2.05) is 0 Å². The van der Waals surface area contributed by atoms with E-state index in [9.17, 15) is 13.6 Å². The molecule has 0 spiro atoms. The molecule has 18 heavy (non-hydrogen) atoms. The molecule has 1 saturated heterocycles. The van der Waals surface area contributed by atoms with Crippen molar-refractivity contribution >= 4 is 17.6 Å². The number of hydrogen-bond acceptors (Lipinski definition) is 2. The Bertz CT molecular complexity index is 467. The van der Waals surface area contributed by atoms with E-state index in [2.05, 4.69) is 5.32 Å². The lowest BCUT2D eigenvalue weighted by Gasteiger charge is -2.14. The number of alkyl halides is 2. The average molecular weight is 276 g/mol. The summed E-state index contributed by atoms with van der Waals surface area (Å²) in [4.78, 5) is 10.8. The first-order valence-corrected chi connectivity index (χ1v) is 5.90. The third-order valence-electron chi connectivity index (χ3n) is 3.13.